The maximum Gasteiger partial charge on any atom is 0.339 e. The van der Waals surface area contributed by atoms with Gasteiger partial charge in [0.25, 0.3) is 0 Å². The van der Waals surface area contributed by atoms with Crippen LogP contribution in [0, 0.1) is 0 Å². The molecule has 2 aromatic rings. The fraction of sp³-hybridized carbons (Fsp3) is 0.278. The van der Waals surface area contributed by atoms with Gasteiger partial charge in [0.1, 0.15) is 11.3 Å². The minimum Gasteiger partial charge on any atom is -0.507 e. The van der Waals surface area contributed by atoms with Crippen molar-refractivity contribution >= 4 is 5.97 Å². The van der Waals surface area contributed by atoms with Gasteiger partial charge in [-0.1, -0.05) is 62.7 Å². The molecule has 0 aliphatic carbocycles. The van der Waals surface area contributed by atoms with Gasteiger partial charge in [0, 0.05) is 11.0 Å². The van der Waals surface area contributed by atoms with Crippen molar-refractivity contribution < 1.29 is 15.0 Å². The van der Waals surface area contributed by atoms with Crippen LogP contribution in [0.3, 0.4) is 0 Å². The van der Waals surface area contributed by atoms with Gasteiger partial charge in [0.2, 0.25) is 0 Å². The van der Waals surface area contributed by atoms with E-state index in [9.17, 15) is 15.0 Å². The van der Waals surface area contributed by atoms with Crippen LogP contribution >= 0.6 is 0 Å². The topological polar surface area (TPSA) is 57.5 Å². The first-order valence-electron chi connectivity index (χ1n) is 7.12. The molecule has 0 saturated heterocycles. The Morgan fingerprint density at radius 3 is 2.33 bits per heavy atom. The smallest absolute Gasteiger partial charge is 0.339 e. The van der Waals surface area contributed by atoms with E-state index in [0.29, 0.717) is 5.56 Å². The van der Waals surface area contributed by atoms with Gasteiger partial charge >= 0.3 is 5.97 Å². The molecule has 0 aliphatic rings. The Bertz CT molecular complexity index is 634. The summed E-state index contributed by atoms with van der Waals surface area (Å²) >= 11 is 0. The largest absolute Gasteiger partial charge is 0.507 e. The number of rotatable bonds is 5. The Morgan fingerprint density at radius 1 is 1.10 bits per heavy atom. The molecule has 0 spiro atoms. The molecule has 0 bridgehead atoms. The van der Waals surface area contributed by atoms with Crippen LogP contribution in [0.2, 0.25) is 0 Å². The van der Waals surface area contributed by atoms with E-state index in [1.165, 1.54) is 6.07 Å². The van der Waals surface area contributed by atoms with Gasteiger partial charge in [-0.15, -0.1) is 0 Å². The summed E-state index contributed by atoms with van der Waals surface area (Å²) in [5.74, 6) is -1.24. The van der Waals surface area contributed by atoms with Crippen molar-refractivity contribution in [2.24, 2.45) is 0 Å². The number of hydrogen-bond acceptors (Lipinski definition) is 2. The SMILES string of the molecule is CCCC(C)(c1ccccc1)c1cccc(C(=O)O)c1O. The van der Waals surface area contributed by atoms with Gasteiger partial charge in [-0.25, -0.2) is 4.79 Å². The number of carbonyl (C=O) groups is 1. The lowest BCUT2D eigenvalue weighted by molar-refractivity contribution is 0.0693. The third-order valence-electron chi connectivity index (χ3n) is 4.02. The number of phenols is 1. The fourth-order valence-corrected chi connectivity index (χ4v) is 2.90. The molecule has 0 saturated carbocycles. The van der Waals surface area contributed by atoms with Crippen molar-refractivity contribution in [3.8, 4) is 5.75 Å². The minimum absolute atomic E-state index is 0.0502. The average Bonchev–Trinajstić information content (AvgIpc) is 2.48. The minimum atomic E-state index is -1.11. The van der Waals surface area contributed by atoms with Crippen molar-refractivity contribution in [1.29, 1.82) is 0 Å². The summed E-state index contributed by atoms with van der Waals surface area (Å²) in [6.07, 6.45) is 1.76. The summed E-state index contributed by atoms with van der Waals surface area (Å²) in [7, 11) is 0. The number of para-hydroxylation sites is 1. The van der Waals surface area contributed by atoms with Crippen LogP contribution < -0.4 is 0 Å². The maximum absolute atomic E-state index is 11.2. The van der Waals surface area contributed by atoms with Crippen LogP contribution in [0.25, 0.3) is 0 Å². The predicted molar refractivity (Wildman–Crippen MR) is 82.9 cm³/mol. The van der Waals surface area contributed by atoms with Crippen LogP contribution in [-0.4, -0.2) is 16.2 Å². The normalized spacial score (nSPS) is 13.6. The molecule has 2 N–H and O–H groups in total. The number of carboxylic acid groups (broad SMARTS) is 1. The second-order valence-electron chi connectivity index (χ2n) is 5.46. The monoisotopic (exact) mass is 284 g/mol. The Morgan fingerprint density at radius 2 is 1.76 bits per heavy atom. The highest BCUT2D eigenvalue weighted by Crippen LogP contribution is 2.41. The first-order chi connectivity index (χ1) is 10.0. The van der Waals surface area contributed by atoms with Crippen LogP contribution in [0.4, 0.5) is 0 Å². The van der Waals surface area contributed by atoms with E-state index in [2.05, 4.69) is 6.92 Å². The third-order valence-corrected chi connectivity index (χ3v) is 4.02. The molecule has 0 aliphatic heterocycles. The molecule has 110 valence electrons. The van der Waals surface area contributed by atoms with Crippen LogP contribution in [-0.2, 0) is 5.41 Å². The standard InChI is InChI=1S/C18H20O3/c1-3-12-18(2,13-8-5-4-6-9-13)15-11-7-10-14(16(15)19)17(20)21/h4-11,19H,3,12H2,1-2H3,(H,20,21). The second-order valence-corrected chi connectivity index (χ2v) is 5.46. The Labute approximate surface area is 124 Å². The molecule has 3 nitrogen and oxygen atoms in total. The number of carboxylic acids is 1. The molecule has 0 radical (unpaired) electrons. The summed E-state index contributed by atoms with van der Waals surface area (Å²) in [6, 6.07) is 14.8. The van der Waals surface area contributed by atoms with Crippen molar-refractivity contribution in [2.75, 3.05) is 0 Å². The second kappa shape index (κ2) is 6.00. The molecular weight excluding hydrogens is 264 g/mol. The molecule has 1 atom stereocenters. The Hall–Kier alpha value is -2.29. The van der Waals surface area contributed by atoms with E-state index in [1.807, 2.05) is 43.3 Å². The van der Waals surface area contributed by atoms with Crippen molar-refractivity contribution in [1.82, 2.24) is 0 Å². The van der Waals surface area contributed by atoms with Crippen molar-refractivity contribution in [3.63, 3.8) is 0 Å². The van der Waals surface area contributed by atoms with Gasteiger partial charge in [-0.05, 0) is 18.1 Å². The lowest BCUT2D eigenvalue weighted by Crippen LogP contribution is -2.24. The summed E-state index contributed by atoms with van der Waals surface area (Å²) in [4.78, 5) is 11.2. The fourth-order valence-electron chi connectivity index (χ4n) is 2.90. The van der Waals surface area contributed by atoms with E-state index in [-0.39, 0.29) is 11.3 Å². The molecule has 0 heterocycles. The number of benzene rings is 2. The van der Waals surface area contributed by atoms with E-state index < -0.39 is 11.4 Å². The zero-order chi connectivity index (χ0) is 15.5. The summed E-state index contributed by atoms with van der Waals surface area (Å²) < 4.78 is 0. The van der Waals surface area contributed by atoms with Gasteiger partial charge in [-0.3, -0.25) is 0 Å². The van der Waals surface area contributed by atoms with E-state index >= 15 is 0 Å². The van der Waals surface area contributed by atoms with Gasteiger partial charge in [-0.2, -0.15) is 0 Å². The zero-order valence-electron chi connectivity index (χ0n) is 12.3. The molecule has 2 rings (SSSR count). The molecule has 21 heavy (non-hydrogen) atoms. The number of aromatic carboxylic acids is 1. The van der Waals surface area contributed by atoms with Gasteiger partial charge in [0.05, 0.1) is 0 Å². The highest BCUT2D eigenvalue weighted by Gasteiger charge is 2.32. The summed E-state index contributed by atoms with van der Waals surface area (Å²) in [5, 5.41) is 19.6. The lowest BCUT2D eigenvalue weighted by atomic mass is 9.72. The first kappa shape index (κ1) is 15.1. The molecule has 3 heteroatoms. The number of aromatic hydroxyl groups is 1. The predicted octanol–water partition coefficient (Wildman–Crippen LogP) is 4.20. The molecular formula is C18H20O3. The molecule has 0 amide bonds. The van der Waals surface area contributed by atoms with Gasteiger partial charge < -0.3 is 10.2 Å². The average molecular weight is 284 g/mol. The quantitative estimate of drug-likeness (QED) is 0.865. The summed E-state index contributed by atoms with van der Waals surface area (Å²) in [6.45, 7) is 4.13. The molecule has 0 aromatic heterocycles. The third kappa shape index (κ3) is 2.77. The summed E-state index contributed by atoms with van der Waals surface area (Å²) in [5.41, 5.74) is 1.27. The molecule has 0 fully saturated rings. The Balaban J connectivity index is 2.64. The number of hydrogen-bond donors (Lipinski definition) is 2. The van der Waals surface area contributed by atoms with Gasteiger partial charge in [0.15, 0.2) is 0 Å². The van der Waals surface area contributed by atoms with Crippen molar-refractivity contribution in [2.45, 2.75) is 32.1 Å². The lowest BCUT2D eigenvalue weighted by Gasteiger charge is -2.31. The molecule has 1 unspecified atom stereocenters. The van der Waals surface area contributed by atoms with Crippen molar-refractivity contribution in [3.05, 3.63) is 65.2 Å². The highest BCUT2D eigenvalue weighted by atomic mass is 16.4. The first-order valence-corrected chi connectivity index (χ1v) is 7.12. The zero-order valence-corrected chi connectivity index (χ0v) is 12.3. The molecule has 2 aromatic carbocycles. The van der Waals surface area contributed by atoms with Crippen LogP contribution in [0.1, 0.15) is 48.2 Å². The van der Waals surface area contributed by atoms with Crippen LogP contribution in [0.15, 0.2) is 48.5 Å². The maximum atomic E-state index is 11.2. The highest BCUT2D eigenvalue weighted by molar-refractivity contribution is 5.91. The Kier molecular flexibility index (Phi) is 4.32. The van der Waals surface area contributed by atoms with E-state index in [4.69, 9.17) is 0 Å². The van der Waals surface area contributed by atoms with E-state index in [1.54, 1.807) is 6.07 Å². The van der Waals surface area contributed by atoms with E-state index in [0.717, 1.165) is 18.4 Å². The van der Waals surface area contributed by atoms with Crippen LogP contribution in [0.5, 0.6) is 5.75 Å².